The molecule has 2 nitrogen and oxygen atoms in total. The molecule has 0 amide bonds. The van der Waals surface area contributed by atoms with E-state index in [-0.39, 0.29) is 17.5 Å². The lowest BCUT2D eigenvalue weighted by Gasteiger charge is -2.43. The Morgan fingerprint density at radius 3 is 2.84 bits per heavy atom. The van der Waals surface area contributed by atoms with Gasteiger partial charge in [-0.25, -0.2) is 4.39 Å². The van der Waals surface area contributed by atoms with Gasteiger partial charge >= 0.3 is 0 Å². The second kappa shape index (κ2) is 5.49. The molecule has 0 saturated carbocycles. The summed E-state index contributed by atoms with van der Waals surface area (Å²) < 4.78 is 19.5. The van der Waals surface area contributed by atoms with E-state index in [1.165, 1.54) is 12.1 Å². The van der Waals surface area contributed by atoms with Crippen molar-refractivity contribution in [3.05, 3.63) is 29.6 Å². The molecule has 2 rings (SSSR count). The van der Waals surface area contributed by atoms with Crippen molar-refractivity contribution in [2.45, 2.75) is 52.2 Å². The van der Waals surface area contributed by atoms with Gasteiger partial charge in [-0.3, -0.25) is 0 Å². The first-order valence-corrected chi connectivity index (χ1v) is 7.18. The van der Waals surface area contributed by atoms with Crippen molar-refractivity contribution in [2.75, 3.05) is 6.54 Å². The Kier molecular flexibility index (Phi) is 4.14. The summed E-state index contributed by atoms with van der Waals surface area (Å²) in [5.41, 5.74) is 0.833. The molecule has 1 aromatic rings. The first kappa shape index (κ1) is 14.3. The molecule has 1 aliphatic rings. The summed E-state index contributed by atoms with van der Waals surface area (Å²) in [6, 6.07) is 5.12. The summed E-state index contributed by atoms with van der Waals surface area (Å²) in [5.74, 6) is 0.840. The molecule has 1 heterocycles. The van der Waals surface area contributed by atoms with Gasteiger partial charge in [-0.15, -0.1) is 0 Å². The number of hydrogen-bond acceptors (Lipinski definition) is 2. The first-order chi connectivity index (χ1) is 8.96. The smallest absolute Gasteiger partial charge is 0.127 e. The summed E-state index contributed by atoms with van der Waals surface area (Å²) in [4.78, 5) is 0. The average Bonchev–Trinajstić information content (AvgIpc) is 2.35. The fraction of sp³-hybridized carbons (Fsp3) is 0.625. The molecule has 2 atom stereocenters. The number of hydrogen-bond donors (Lipinski definition) is 1. The van der Waals surface area contributed by atoms with Crippen LogP contribution < -0.4 is 10.1 Å². The molecule has 0 saturated heterocycles. The zero-order chi connectivity index (χ0) is 14.0. The Morgan fingerprint density at radius 1 is 1.47 bits per heavy atom. The van der Waals surface area contributed by atoms with E-state index in [0.29, 0.717) is 11.7 Å². The number of nitrogens with one attached hydrogen (secondary N) is 1. The monoisotopic (exact) mass is 265 g/mol. The van der Waals surface area contributed by atoms with Crippen molar-refractivity contribution in [1.29, 1.82) is 0 Å². The SMILES string of the molecule is CCCNC1CC(C)(C(C)C)Oc2cc(F)ccc21. The van der Waals surface area contributed by atoms with Crippen molar-refractivity contribution >= 4 is 0 Å². The zero-order valence-electron chi connectivity index (χ0n) is 12.3. The van der Waals surface area contributed by atoms with Gasteiger partial charge in [0.2, 0.25) is 0 Å². The van der Waals surface area contributed by atoms with Crippen LogP contribution in [0, 0.1) is 11.7 Å². The molecule has 3 heteroatoms. The molecule has 106 valence electrons. The third kappa shape index (κ3) is 2.92. The van der Waals surface area contributed by atoms with Crippen LogP contribution in [-0.2, 0) is 0 Å². The van der Waals surface area contributed by atoms with Gasteiger partial charge < -0.3 is 10.1 Å². The molecule has 0 bridgehead atoms. The fourth-order valence-corrected chi connectivity index (χ4v) is 2.55. The molecular formula is C16H24FNO. The van der Waals surface area contributed by atoms with Crippen LogP contribution in [0.15, 0.2) is 18.2 Å². The minimum atomic E-state index is -0.244. The maximum atomic E-state index is 13.4. The van der Waals surface area contributed by atoms with Crippen LogP contribution in [0.2, 0.25) is 0 Å². The number of ether oxygens (including phenoxy) is 1. The Hall–Kier alpha value is -1.09. The molecule has 0 aliphatic carbocycles. The standard InChI is InChI=1S/C16H24FNO/c1-5-8-18-14-10-16(4,11(2)3)19-15-9-12(17)6-7-13(14)15/h6-7,9,11,14,18H,5,8,10H2,1-4H3. The van der Waals surface area contributed by atoms with Gasteiger partial charge in [-0.05, 0) is 31.9 Å². The van der Waals surface area contributed by atoms with Gasteiger partial charge in [0, 0.05) is 24.1 Å². The molecule has 1 aliphatic heterocycles. The van der Waals surface area contributed by atoms with Crippen molar-refractivity contribution in [1.82, 2.24) is 5.32 Å². The predicted octanol–water partition coefficient (Wildman–Crippen LogP) is 4.06. The molecule has 0 aromatic heterocycles. The molecule has 0 spiro atoms. The highest BCUT2D eigenvalue weighted by Crippen LogP contribution is 2.42. The summed E-state index contributed by atoms with van der Waals surface area (Å²) in [6.45, 7) is 9.55. The minimum Gasteiger partial charge on any atom is -0.487 e. The lowest BCUT2D eigenvalue weighted by atomic mass is 9.81. The van der Waals surface area contributed by atoms with Crippen LogP contribution in [0.4, 0.5) is 4.39 Å². The van der Waals surface area contributed by atoms with E-state index >= 15 is 0 Å². The number of rotatable bonds is 4. The molecule has 1 aromatic carbocycles. The Morgan fingerprint density at radius 2 is 2.21 bits per heavy atom. The third-order valence-corrected chi connectivity index (χ3v) is 4.17. The third-order valence-electron chi connectivity index (χ3n) is 4.17. The van der Waals surface area contributed by atoms with Crippen molar-refractivity contribution in [2.24, 2.45) is 5.92 Å². The van der Waals surface area contributed by atoms with Gasteiger partial charge in [0.15, 0.2) is 0 Å². The molecule has 0 radical (unpaired) electrons. The molecule has 0 fully saturated rings. The molecule has 1 N–H and O–H groups in total. The van der Waals surface area contributed by atoms with Gasteiger partial charge in [-0.1, -0.05) is 26.8 Å². The van der Waals surface area contributed by atoms with Gasteiger partial charge in [-0.2, -0.15) is 0 Å². The second-order valence-corrected chi connectivity index (χ2v) is 5.96. The predicted molar refractivity (Wildman–Crippen MR) is 75.9 cm³/mol. The van der Waals surface area contributed by atoms with Crippen LogP contribution >= 0.6 is 0 Å². The second-order valence-electron chi connectivity index (χ2n) is 5.96. The Balaban J connectivity index is 2.34. The maximum Gasteiger partial charge on any atom is 0.127 e. The first-order valence-electron chi connectivity index (χ1n) is 7.18. The minimum absolute atomic E-state index is 0.235. The highest BCUT2D eigenvalue weighted by molar-refractivity contribution is 5.39. The van der Waals surface area contributed by atoms with Crippen LogP contribution in [0.1, 0.15) is 52.1 Å². The van der Waals surface area contributed by atoms with E-state index in [9.17, 15) is 4.39 Å². The number of halogens is 1. The highest BCUT2D eigenvalue weighted by Gasteiger charge is 2.39. The summed E-state index contributed by atoms with van der Waals surface area (Å²) >= 11 is 0. The van der Waals surface area contributed by atoms with Gasteiger partial charge in [0.05, 0.1) is 0 Å². The molecule has 2 unspecified atom stereocenters. The zero-order valence-corrected chi connectivity index (χ0v) is 12.3. The normalized spacial score (nSPS) is 26.1. The summed E-state index contributed by atoms with van der Waals surface area (Å²) in [6.07, 6.45) is 2.01. The van der Waals surface area contributed by atoms with Crippen molar-refractivity contribution in [3.8, 4) is 5.75 Å². The van der Waals surface area contributed by atoms with Crippen molar-refractivity contribution in [3.63, 3.8) is 0 Å². The van der Waals surface area contributed by atoms with Crippen LogP contribution in [-0.4, -0.2) is 12.1 Å². The van der Waals surface area contributed by atoms with E-state index in [4.69, 9.17) is 4.74 Å². The Bertz CT molecular complexity index is 446. The number of fused-ring (bicyclic) bond motifs is 1. The van der Waals surface area contributed by atoms with Gasteiger partial charge in [0.25, 0.3) is 0 Å². The van der Waals surface area contributed by atoms with E-state index in [1.54, 1.807) is 0 Å². The quantitative estimate of drug-likeness (QED) is 0.886. The van der Waals surface area contributed by atoms with E-state index < -0.39 is 0 Å². The van der Waals surface area contributed by atoms with E-state index in [0.717, 1.165) is 24.9 Å². The van der Waals surface area contributed by atoms with E-state index in [2.05, 4.69) is 33.0 Å². The molecule has 19 heavy (non-hydrogen) atoms. The maximum absolute atomic E-state index is 13.4. The lowest BCUT2D eigenvalue weighted by molar-refractivity contribution is 0.00561. The number of benzene rings is 1. The van der Waals surface area contributed by atoms with Crippen LogP contribution in [0.5, 0.6) is 5.75 Å². The largest absolute Gasteiger partial charge is 0.487 e. The van der Waals surface area contributed by atoms with Crippen LogP contribution in [0.3, 0.4) is 0 Å². The topological polar surface area (TPSA) is 21.3 Å². The lowest BCUT2D eigenvalue weighted by Crippen LogP contribution is -2.45. The fourth-order valence-electron chi connectivity index (χ4n) is 2.55. The summed E-state index contributed by atoms with van der Waals surface area (Å²) in [5, 5.41) is 3.55. The Labute approximate surface area is 115 Å². The summed E-state index contributed by atoms with van der Waals surface area (Å²) in [7, 11) is 0. The highest BCUT2D eigenvalue weighted by atomic mass is 19.1. The molecular weight excluding hydrogens is 241 g/mol. The van der Waals surface area contributed by atoms with E-state index in [1.807, 2.05) is 6.07 Å². The van der Waals surface area contributed by atoms with Crippen molar-refractivity contribution < 1.29 is 9.13 Å². The average molecular weight is 265 g/mol. The van der Waals surface area contributed by atoms with Gasteiger partial charge in [0.1, 0.15) is 17.2 Å². The van der Waals surface area contributed by atoms with Crippen LogP contribution in [0.25, 0.3) is 0 Å².